The summed E-state index contributed by atoms with van der Waals surface area (Å²) in [6.45, 7) is 15.7. The molecule has 73 heavy (non-hydrogen) atoms. The van der Waals surface area contributed by atoms with Gasteiger partial charge in [0.2, 0.25) is 0 Å². The minimum absolute atomic E-state index is 0.0107. The van der Waals surface area contributed by atoms with E-state index >= 15 is 0 Å². The first kappa shape index (κ1) is 71.4. The molecular weight excluding hydrogens is 925 g/mol. The Morgan fingerprint density at radius 2 is 0.904 bits per heavy atom. The molecule has 0 saturated carbocycles. The van der Waals surface area contributed by atoms with Crippen LogP contribution in [0.2, 0.25) is 0 Å². The molecule has 0 aliphatic heterocycles. The van der Waals surface area contributed by atoms with Gasteiger partial charge in [-0.25, -0.2) is 0 Å². The van der Waals surface area contributed by atoms with E-state index in [-0.39, 0.29) is 69.0 Å². The number of carbonyl (C=O) groups excluding carboxylic acids is 1. The molecule has 14 unspecified atom stereocenters. The highest BCUT2D eigenvalue weighted by Crippen LogP contribution is 2.21. The minimum Gasteiger partial charge on any atom is -0.393 e. The minimum atomic E-state index is -0.975. The summed E-state index contributed by atoms with van der Waals surface area (Å²) in [4.78, 5) is 10.8. The third kappa shape index (κ3) is 45.5. The summed E-state index contributed by atoms with van der Waals surface area (Å²) in [7, 11) is 0. The van der Waals surface area contributed by atoms with Gasteiger partial charge >= 0.3 is 0 Å². The Kier molecular flexibility index (Phi) is 45.9. The highest BCUT2D eigenvalue weighted by Gasteiger charge is 2.24. The SMILES string of the molecule is C/C=C/C=C/C=C/C=C/C=C/C(O)C(C)C(O)C(C)/C=C/C/C=C/C=C/C=C/C=C/C(C)=O.CCCCC(O)CC(O)CCC(O)CC(O)CC(O)CC(O)C/C=C/C(O)CC(O)CC(O)CCC(C)C(C)C. The van der Waals surface area contributed by atoms with Gasteiger partial charge < -0.3 is 56.2 Å². The lowest BCUT2D eigenvalue weighted by molar-refractivity contribution is -0.112. The average molecular weight is 1030 g/mol. The Hall–Kier alpha value is -3.63. The van der Waals surface area contributed by atoms with Crippen molar-refractivity contribution in [2.75, 3.05) is 0 Å². The zero-order valence-electron chi connectivity index (χ0n) is 45.8. The molecule has 11 N–H and O–H groups in total. The number of allylic oxidation sites excluding steroid dienone is 18. The van der Waals surface area contributed by atoms with Gasteiger partial charge in [-0.2, -0.15) is 0 Å². The smallest absolute Gasteiger partial charge is 0.152 e. The lowest BCUT2D eigenvalue weighted by Crippen LogP contribution is -2.32. The third-order valence-electron chi connectivity index (χ3n) is 12.4. The molecule has 0 amide bonds. The zero-order chi connectivity index (χ0) is 55.4. The third-order valence-corrected chi connectivity index (χ3v) is 12.4. The van der Waals surface area contributed by atoms with E-state index in [1.54, 1.807) is 30.4 Å². The van der Waals surface area contributed by atoms with Crippen LogP contribution in [0.15, 0.2) is 134 Å². The fraction of sp³-hybridized carbons (Fsp3) is 0.623. The zero-order valence-corrected chi connectivity index (χ0v) is 45.8. The molecule has 418 valence electrons. The number of aliphatic hydroxyl groups is 11. The molecule has 0 aliphatic carbocycles. The van der Waals surface area contributed by atoms with E-state index in [0.29, 0.717) is 31.1 Å². The van der Waals surface area contributed by atoms with Gasteiger partial charge in [0.25, 0.3) is 0 Å². The van der Waals surface area contributed by atoms with E-state index in [9.17, 15) is 61.0 Å². The maximum atomic E-state index is 10.8. The Bertz CT molecular complexity index is 1670. The van der Waals surface area contributed by atoms with Crippen molar-refractivity contribution in [3.05, 3.63) is 134 Å². The fourth-order valence-electron chi connectivity index (χ4n) is 7.41. The number of rotatable bonds is 40. The van der Waals surface area contributed by atoms with Crippen LogP contribution in [0.4, 0.5) is 0 Å². The van der Waals surface area contributed by atoms with E-state index in [4.69, 9.17) is 0 Å². The van der Waals surface area contributed by atoms with Crippen molar-refractivity contribution < 1.29 is 61.0 Å². The predicted molar refractivity (Wildman–Crippen MR) is 300 cm³/mol. The van der Waals surface area contributed by atoms with Crippen molar-refractivity contribution in [1.82, 2.24) is 0 Å². The number of hydrogen-bond donors (Lipinski definition) is 11. The van der Waals surface area contributed by atoms with Crippen LogP contribution in [0.25, 0.3) is 0 Å². The van der Waals surface area contributed by atoms with Crippen molar-refractivity contribution in [1.29, 1.82) is 0 Å². The van der Waals surface area contributed by atoms with Crippen LogP contribution in [0.1, 0.15) is 152 Å². The first-order valence-electron chi connectivity index (χ1n) is 26.9. The number of aliphatic hydroxyl groups excluding tert-OH is 11. The first-order chi connectivity index (χ1) is 34.6. The van der Waals surface area contributed by atoms with Crippen LogP contribution in [0, 0.1) is 23.7 Å². The summed E-state index contributed by atoms with van der Waals surface area (Å²) < 4.78 is 0. The quantitative estimate of drug-likeness (QED) is 0.0157. The Morgan fingerprint density at radius 3 is 1.44 bits per heavy atom. The molecule has 0 radical (unpaired) electrons. The fourth-order valence-corrected chi connectivity index (χ4v) is 7.41. The van der Waals surface area contributed by atoms with Crippen LogP contribution in [-0.2, 0) is 4.79 Å². The van der Waals surface area contributed by atoms with Gasteiger partial charge in [0.15, 0.2) is 5.78 Å². The van der Waals surface area contributed by atoms with E-state index in [1.807, 2.05) is 119 Å². The van der Waals surface area contributed by atoms with E-state index < -0.39 is 67.1 Å². The van der Waals surface area contributed by atoms with Gasteiger partial charge in [-0.1, -0.05) is 182 Å². The van der Waals surface area contributed by atoms with Gasteiger partial charge in [0, 0.05) is 18.3 Å². The molecule has 0 aromatic heterocycles. The molecule has 0 spiro atoms. The summed E-state index contributed by atoms with van der Waals surface area (Å²) in [5, 5.41) is 112. The molecule has 0 rings (SSSR count). The largest absolute Gasteiger partial charge is 0.393 e. The monoisotopic (exact) mass is 1030 g/mol. The maximum Gasteiger partial charge on any atom is 0.152 e. The molecule has 0 aliphatic rings. The van der Waals surface area contributed by atoms with Crippen LogP contribution in [0.3, 0.4) is 0 Å². The molecule has 14 atom stereocenters. The van der Waals surface area contributed by atoms with Gasteiger partial charge in [-0.15, -0.1) is 0 Å². The van der Waals surface area contributed by atoms with Gasteiger partial charge in [0.1, 0.15) is 0 Å². The molecule has 0 bridgehead atoms. The maximum absolute atomic E-state index is 10.8. The Labute approximate surface area is 441 Å². The van der Waals surface area contributed by atoms with Crippen molar-refractivity contribution in [3.8, 4) is 0 Å². The van der Waals surface area contributed by atoms with Crippen molar-refractivity contribution in [3.63, 3.8) is 0 Å². The lowest BCUT2D eigenvalue weighted by atomic mass is 9.88. The van der Waals surface area contributed by atoms with Crippen molar-refractivity contribution in [2.45, 2.75) is 219 Å². The Balaban J connectivity index is 0. The molecule has 0 heterocycles. The summed E-state index contributed by atoms with van der Waals surface area (Å²) in [6.07, 6.45) is 38.0. The molecule has 0 aromatic rings. The second kappa shape index (κ2) is 46.9. The number of unbranched alkanes of at least 4 members (excludes halogenated alkanes) is 1. The standard InChI is InChI=1S/C31H62O9.C30H40O3/c1-5-6-8-23(32)15-27(36)13-14-28(37)19-31(40)20-30(39)17-25(34)10-7-9-24(33)16-29(38)18-26(35)12-11-22(4)21(2)3;1-5-6-7-8-9-11-16-19-22-25-29(32)28(4)30(33)26(2)23-20-17-14-12-10-13-15-18-21-24-27(3)31/h7,9,21-40H,5-6,8,10-20H2,1-4H3;5-16,18-26,28-30,32-33H,17H2,1-4H3/b9-7+;6-5+,8-7+,11-9+,13-10+,14-12+,18-15+,19-16+,23-20+,24-21+,25-22+. The highest BCUT2D eigenvalue weighted by atomic mass is 16.3. The molecular formula is C61H102O12. The summed E-state index contributed by atoms with van der Waals surface area (Å²) in [5.74, 6) is 0.712. The van der Waals surface area contributed by atoms with E-state index in [2.05, 4.69) is 20.8 Å². The Morgan fingerprint density at radius 1 is 0.452 bits per heavy atom. The van der Waals surface area contributed by atoms with Crippen LogP contribution in [-0.4, -0.2) is 129 Å². The van der Waals surface area contributed by atoms with E-state index in [0.717, 1.165) is 25.7 Å². The van der Waals surface area contributed by atoms with Gasteiger partial charge in [0.05, 0.1) is 67.1 Å². The first-order valence-corrected chi connectivity index (χ1v) is 26.9. The molecule has 0 saturated heterocycles. The second-order valence-corrected chi connectivity index (χ2v) is 20.0. The normalized spacial score (nSPS) is 19.1. The highest BCUT2D eigenvalue weighted by molar-refractivity contribution is 5.87. The van der Waals surface area contributed by atoms with Crippen LogP contribution >= 0.6 is 0 Å². The summed E-state index contributed by atoms with van der Waals surface area (Å²) in [6, 6.07) is 0. The molecule has 12 heteroatoms. The van der Waals surface area contributed by atoms with Crippen LogP contribution < -0.4 is 0 Å². The number of carbonyl (C=O) groups is 1. The number of ketones is 1. The molecule has 0 fully saturated rings. The van der Waals surface area contributed by atoms with Crippen molar-refractivity contribution in [2.24, 2.45) is 23.7 Å². The van der Waals surface area contributed by atoms with E-state index in [1.165, 1.54) is 19.1 Å². The van der Waals surface area contributed by atoms with Gasteiger partial charge in [-0.3, -0.25) is 4.79 Å². The number of hydrogen-bond acceptors (Lipinski definition) is 12. The van der Waals surface area contributed by atoms with Crippen LogP contribution in [0.5, 0.6) is 0 Å². The topological polar surface area (TPSA) is 240 Å². The average Bonchev–Trinajstić information content (AvgIpc) is 3.32. The predicted octanol–water partition coefficient (Wildman–Crippen LogP) is 9.11. The molecule has 12 nitrogen and oxygen atoms in total. The second-order valence-electron chi connectivity index (χ2n) is 20.0. The lowest BCUT2D eigenvalue weighted by Gasteiger charge is -2.25. The van der Waals surface area contributed by atoms with Crippen molar-refractivity contribution >= 4 is 5.78 Å². The summed E-state index contributed by atoms with van der Waals surface area (Å²) >= 11 is 0. The molecule has 0 aromatic carbocycles. The van der Waals surface area contributed by atoms with Gasteiger partial charge in [-0.05, 0) is 109 Å². The summed E-state index contributed by atoms with van der Waals surface area (Å²) in [5.41, 5.74) is 0.